The van der Waals surface area contributed by atoms with Gasteiger partial charge in [-0.2, -0.15) is 0 Å². The third-order valence-electron chi connectivity index (χ3n) is 7.25. The van der Waals surface area contributed by atoms with Crippen LogP contribution in [0.4, 0.5) is 5.69 Å². The number of benzene rings is 1. The maximum atomic E-state index is 13.7. The van der Waals surface area contributed by atoms with Gasteiger partial charge in [-0.25, -0.2) is 4.98 Å². The summed E-state index contributed by atoms with van der Waals surface area (Å²) in [4.78, 5) is 50.3. The molecule has 8 nitrogen and oxygen atoms in total. The molecular formula is C27H28ClN5O3. The van der Waals surface area contributed by atoms with Crippen molar-refractivity contribution in [3.63, 3.8) is 0 Å². The number of fused-ring (bicyclic) bond motifs is 1. The van der Waals surface area contributed by atoms with E-state index in [1.807, 2.05) is 25.2 Å². The van der Waals surface area contributed by atoms with Crippen molar-refractivity contribution < 1.29 is 14.4 Å². The van der Waals surface area contributed by atoms with Crippen LogP contribution in [0.25, 0.3) is 0 Å². The molecule has 2 aromatic heterocycles. The van der Waals surface area contributed by atoms with Crippen LogP contribution < -0.4 is 5.32 Å². The first-order valence-corrected chi connectivity index (χ1v) is 12.6. The molecule has 0 radical (unpaired) electrons. The normalized spacial score (nSPS) is 22.1. The summed E-state index contributed by atoms with van der Waals surface area (Å²) in [6.45, 7) is 0.440. The Kier molecular flexibility index (Phi) is 6.87. The molecule has 0 bridgehead atoms. The molecule has 1 aliphatic carbocycles. The molecule has 1 aromatic carbocycles. The summed E-state index contributed by atoms with van der Waals surface area (Å²) >= 11 is 6.15. The number of nitrogens with zero attached hydrogens (tertiary/aromatic N) is 4. The van der Waals surface area contributed by atoms with Crippen LogP contribution in [0, 0.1) is 11.8 Å². The van der Waals surface area contributed by atoms with Crippen molar-refractivity contribution in [1.29, 1.82) is 0 Å². The summed E-state index contributed by atoms with van der Waals surface area (Å²) < 4.78 is 1.76. The van der Waals surface area contributed by atoms with Crippen LogP contribution in [0.2, 0.25) is 5.02 Å². The van der Waals surface area contributed by atoms with Crippen LogP contribution in [0.5, 0.6) is 0 Å². The van der Waals surface area contributed by atoms with Crippen molar-refractivity contribution in [1.82, 2.24) is 19.4 Å². The molecule has 36 heavy (non-hydrogen) atoms. The van der Waals surface area contributed by atoms with E-state index in [-0.39, 0.29) is 29.4 Å². The van der Waals surface area contributed by atoms with Gasteiger partial charge in [-0.3, -0.25) is 19.4 Å². The Hall–Kier alpha value is -3.52. The number of amides is 2. The first-order chi connectivity index (χ1) is 17.4. The number of Topliss-reactive ketones (excluding diaryl/α,β-unsaturated/α-hetero) is 1. The molecule has 3 heterocycles. The van der Waals surface area contributed by atoms with Gasteiger partial charge in [0.1, 0.15) is 6.04 Å². The quantitative estimate of drug-likeness (QED) is 0.507. The Labute approximate surface area is 214 Å². The Bertz CT molecular complexity index is 1280. The van der Waals surface area contributed by atoms with E-state index in [9.17, 15) is 14.4 Å². The lowest BCUT2D eigenvalue weighted by Gasteiger charge is -2.35. The Morgan fingerprint density at radius 1 is 1.08 bits per heavy atom. The van der Waals surface area contributed by atoms with Gasteiger partial charge in [0, 0.05) is 55.2 Å². The average molecular weight is 506 g/mol. The van der Waals surface area contributed by atoms with Crippen LogP contribution in [0.1, 0.15) is 52.4 Å². The summed E-state index contributed by atoms with van der Waals surface area (Å²) in [6.07, 6.45) is 8.50. The molecule has 2 amide bonds. The highest BCUT2D eigenvalue weighted by Crippen LogP contribution is 2.34. The van der Waals surface area contributed by atoms with Crippen molar-refractivity contribution in [3.05, 3.63) is 77.1 Å². The summed E-state index contributed by atoms with van der Waals surface area (Å²) in [7, 11) is 1.83. The smallest absolute Gasteiger partial charge is 0.256 e. The van der Waals surface area contributed by atoms with E-state index >= 15 is 0 Å². The maximum absolute atomic E-state index is 13.7. The molecule has 1 fully saturated rings. The number of hydrogen-bond acceptors (Lipinski definition) is 5. The second-order valence-electron chi connectivity index (χ2n) is 9.62. The molecule has 5 rings (SSSR count). The van der Waals surface area contributed by atoms with Gasteiger partial charge in [-0.1, -0.05) is 17.7 Å². The van der Waals surface area contributed by atoms with Gasteiger partial charge < -0.3 is 14.8 Å². The largest absolute Gasteiger partial charge is 0.332 e. The highest BCUT2D eigenvalue weighted by molar-refractivity contribution is 6.31. The number of aromatic nitrogens is 3. The molecule has 3 aromatic rings. The molecule has 0 spiro atoms. The number of pyridine rings is 1. The van der Waals surface area contributed by atoms with Gasteiger partial charge in [0.2, 0.25) is 11.7 Å². The van der Waals surface area contributed by atoms with Crippen LogP contribution in [0.3, 0.4) is 0 Å². The molecule has 0 saturated heterocycles. The van der Waals surface area contributed by atoms with Gasteiger partial charge in [-0.05, 0) is 61.9 Å². The molecular weight excluding hydrogens is 478 g/mol. The second-order valence-corrected chi connectivity index (χ2v) is 10.1. The Morgan fingerprint density at radius 3 is 2.58 bits per heavy atom. The van der Waals surface area contributed by atoms with Crippen molar-refractivity contribution in [2.75, 3.05) is 11.9 Å². The average Bonchev–Trinajstić information content (AvgIpc) is 3.28. The Balaban J connectivity index is 1.36. The first kappa shape index (κ1) is 24.2. The van der Waals surface area contributed by atoms with Gasteiger partial charge in [0.15, 0.2) is 5.82 Å². The zero-order chi connectivity index (χ0) is 25.2. The predicted octanol–water partition coefficient (Wildman–Crippen LogP) is 4.16. The minimum absolute atomic E-state index is 0.0716. The number of rotatable bonds is 6. The number of aryl methyl sites for hydroxylation is 1. The number of nitrogens with one attached hydrogen (secondary N) is 1. The highest BCUT2D eigenvalue weighted by Gasteiger charge is 2.38. The van der Waals surface area contributed by atoms with Crippen molar-refractivity contribution in [2.45, 2.75) is 38.1 Å². The van der Waals surface area contributed by atoms with E-state index < -0.39 is 6.04 Å². The fourth-order valence-corrected chi connectivity index (χ4v) is 5.43. The Morgan fingerprint density at radius 2 is 1.89 bits per heavy atom. The van der Waals surface area contributed by atoms with Crippen LogP contribution in [0.15, 0.2) is 55.0 Å². The van der Waals surface area contributed by atoms with Gasteiger partial charge in [-0.15, -0.1) is 0 Å². The number of carbonyl (C=O) groups excluding carboxylic acids is 3. The van der Waals surface area contributed by atoms with Crippen molar-refractivity contribution in [3.8, 4) is 0 Å². The molecule has 1 saturated carbocycles. The van der Waals surface area contributed by atoms with E-state index in [4.69, 9.17) is 11.6 Å². The molecule has 1 unspecified atom stereocenters. The number of hydrogen-bond donors (Lipinski definition) is 1. The number of halogens is 1. The van der Waals surface area contributed by atoms with Crippen LogP contribution in [-0.2, 0) is 18.3 Å². The summed E-state index contributed by atoms with van der Waals surface area (Å²) in [6, 6.07) is 9.79. The lowest BCUT2D eigenvalue weighted by Crippen LogP contribution is -2.49. The molecule has 186 valence electrons. The zero-order valence-corrected chi connectivity index (χ0v) is 20.8. The van der Waals surface area contributed by atoms with Crippen LogP contribution in [-0.4, -0.2) is 49.6 Å². The maximum Gasteiger partial charge on any atom is 0.256 e. The second kappa shape index (κ2) is 10.2. The molecule has 1 atom stereocenters. The number of carbonyl (C=O) groups is 3. The minimum Gasteiger partial charge on any atom is -0.332 e. The summed E-state index contributed by atoms with van der Waals surface area (Å²) in [5, 5.41) is 3.36. The van der Waals surface area contributed by atoms with Gasteiger partial charge in [0.05, 0.1) is 11.3 Å². The van der Waals surface area contributed by atoms with E-state index in [1.54, 1.807) is 46.3 Å². The number of imidazole rings is 1. The van der Waals surface area contributed by atoms with E-state index in [0.29, 0.717) is 35.1 Å². The zero-order valence-electron chi connectivity index (χ0n) is 20.1. The summed E-state index contributed by atoms with van der Waals surface area (Å²) in [5.74, 6) is 0.222. The lowest BCUT2D eigenvalue weighted by atomic mass is 9.79. The van der Waals surface area contributed by atoms with Gasteiger partial charge >= 0.3 is 0 Å². The monoisotopic (exact) mass is 505 g/mol. The third kappa shape index (κ3) is 4.91. The summed E-state index contributed by atoms with van der Waals surface area (Å²) in [5.41, 5.74) is 1.59. The van der Waals surface area contributed by atoms with E-state index in [0.717, 1.165) is 31.4 Å². The first-order valence-electron chi connectivity index (χ1n) is 12.2. The van der Waals surface area contributed by atoms with Crippen LogP contribution >= 0.6 is 11.6 Å². The fourth-order valence-electron chi connectivity index (χ4n) is 5.26. The van der Waals surface area contributed by atoms with Crippen molar-refractivity contribution >= 4 is 34.9 Å². The molecule has 1 aliphatic heterocycles. The van der Waals surface area contributed by atoms with E-state index in [1.165, 1.54) is 0 Å². The lowest BCUT2D eigenvalue weighted by molar-refractivity contribution is -0.120. The molecule has 2 aliphatic rings. The number of ketones is 1. The third-order valence-corrected chi connectivity index (χ3v) is 7.49. The fraction of sp³-hybridized carbons (Fsp3) is 0.370. The molecule has 9 heteroatoms. The number of anilines is 1. The topological polar surface area (TPSA) is 97.2 Å². The molecule has 1 N–H and O–H groups in total. The van der Waals surface area contributed by atoms with E-state index in [2.05, 4.69) is 15.3 Å². The van der Waals surface area contributed by atoms with Crippen molar-refractivity contribution in [2.24, 2.45) is 18.9 Å². The minimum atomic E-state index is -0.703. The SMILES string of the molecule is Cn1ccnc1C(=O)C1CCC(CN2C(=O)c3ccc(Cl)cc3NC(=O)C2Cc2ccccn2)CC1. The highest BCUT2D eigenvalue weighted by atomic mass is 35.5. The predicted molar refractivity (Wildman–Crippen MR) is 136 cm³/mol. The standard InChI is InChI=1S/C27H28ClN5O3/c1-32-13-12-30-25(32)24(34)18-7-5-17(6-8-18)16-33-23(15-20-4-2-3-11-29-20)26(35)31-22-14-19(28)9-10-21(22)27(33)36/h2-4,9-14,17-18,23H,5-8,15-16H2,1H3,(H,31,35). The van der Waals surface area contributed by atoms with Gasteiger partial charge in [0.25, 0.3) is 5.91 Å².